The molecule has 0 bridgehead atoms. The highest BCUT2D eigenvalue weighted by Gasteiger charge is 2.13. The largest absolute Gasteiger partial charge is 0.325 e. The molecule has 3 aromatic heterocycles. The SMILES string of the molecule is O=C(Cn1c(-c2cccs2)n[nH]c1=S)Nc1cccc(-c2ccn[nH]2)c1. The van der Waals surface area contributed by atoms with Crippen LogP contribution in [-0.2, 0) is 11.3 Å². The minimum Gasteiger partial charge on any atom is -0.325 e. The summed E-state index contributed by atoms with van der Waals surface area (Å²) in [6.07, 6.45) is 1.69. The van der Waals surface area contributed by atoms with Crippen LogP contribution < -0.4 is 5.32 Å². The number of carbonyl (C=O) groups excluding carboxylic acids is 1. The molecule has 4 aromatic rings. The third-order valence-corrected chi connectivity index (χ3v) is 4.94. The lowest BCUT2D eigenvalue weighted by Crippen LogP contribution is -2.19. The Bertz CT molecular complexity index is 1080. The highest BCUT2D eigenvalue weighted by molar-refractivity contribution is 7.71. The fourth-order valence-electron chi connectivity index (χ4n) is 2.58. The number of carbonyl (C=O) groups is 1. The van der Waals surface area contributed by atoms with Gasteiger partial charge in [0.15, 0.2) is 10.6 Å². The van der Waals surface area contributed by atoms with Crippen LogP contribution in [0.3, 0.4) is 0 Å². The number of rotatable bonds is 5. The zero-order chi connectivity index (χ0) is 17.9. The van der Waals surface area contributed by atoms with E-state index in [2.05, 4.69) is 25.7 Å². The maximum atomic E-state index is 12.5. The molecule has 0 atom stereocenters. The summed E-state index contributed by atoms with van der Waals surface area (Å²) in [6.45, 7) is 0.0802. The van der Waals surface area contributed by atoms with E-state index in [4.69, 9.17) is 12.2 Å². The van der Waals surface area contributed by atoms with Crippen molar-refractivity contribution in [2.75, 3.05) is 5.32 Å². The van der Waals surface area contributed by atoms with Crippen LogP contribution in [0.4, 0.5) is 5.69 Å². The lowest BCUT2D eigenvalue weighted by Gasteiger charge is -2.08. The number of hydrogen-bond acceptors (Lipinski definition) is 5. The number of H-pyrrole nitrogens is 2. The van der Waals surface area contributed by atoms with Gasteiger partial charge >= 0.3 is 0 Å². The van der Waals surface area contributed by atoms with Gasteiger partial charge in [-0.25, -0.2) is 0 Å². The molecule has 130 valence electrons. The van der Waals surface area contributed by atoms with Gasteiger partial charge in [0.1, 0.15) is 6.54 Å². The minimum atomic E-state index is -0.179. The van der Waals surface area contributed by atoms with Gasteiger partial charge in [0, 0.05) is 17.4 Å². The third kappa shape index (κ3) is 3.35. The second-order valence-electron chi connectivity index (χ2n) is 5.52. The van der Waals surface area contributed by atoms with Gasteiger partial charge in [-0.3, -0.25) is 19.6 Å². The summed E-state index contributed by atoms with van der Waals surface area (Å²) in [5.74, 6) is 0.480. The summed E-state index contributed by atoms with van der Waals surface area (Å²) in [6, 6.07) is 13.3. The van der Waals surface area contributed by atoms with Gasteiger partial charge in [0.25, 0.3) is 0 Å². The van der Waals surface area contributed by atoms with Crippen LogP contribution in [-0.4, -0.2) is 30.9 Å². The normalized spacial score (nSPS) is 10.8. The van der Waals surface area contributed by atoms with Crippen molar-refractivity contribution in [1.82, 2.24) is 25.0 Å². The van der Waals surface area contributed by atoms with E-state index in [1.807, 2.05) is 47.8 Å². The van der Waals surface area contributed by atoms with Crippen LogP contribution >= 0.6 is 23.6 Å². The lowest BCUT2D eigenvalue weighted by atomic mass is 10.1. The van der Waals surface area contributed by atoms with Gasteiger partial charge in [0.2, 0.25) is 5.91 Å². The number of aromatic amines is 2. The number of anilines is 1. The van der Waals surface area contributed by atoms with E-state index in [1.165, 1.54) is 0 Å². The summed E-state index contributed by atoms with van der Waals surface area (Å²) in [5, 5.41) is 18.7. The number of nitrogens with zero attached hydrogens (tertiary/aromatic N) is 3. The molecule has 0 unspecified atom stereocenters. The van der Waals surface area contributed by atoms with E-state index in [-0.39, 0.29) is 12.5 Å². The smallest absolute Gasteiger partial charge is 0.244 e. The third-order valence-electron chi connectivity index (χ3n) is 3.76. The number of thiophene rings is 1. The van der Waals surface area contributed by atoms with Crippen molar-refractivity contribution < 1.29 is 4.79 Å². The van der Waals surface area contributed by atoms with Gasteiger partial charge in [-0.05, 0) is 41.9 Å². The Labute approximate surface area is 157 Å². The van der Waals surface area contributed by atoms with Gasteiger partial charge in [-0.2, -0.15) is 10.2 Å². The van der Waals surface area contributed by atoms with Crippen molar-refractivity contribution in [2.24, 2.45) is 0 Å². The van der Waals surface area contributed by atoms with Crippen molar-refractivity contribution in [3.05, 3.63) is 58.8 Å². The van der Waals surface area contributed by atoms with Crippen molar-refractivity contribution >= 4 is 35.1 Å². The minimum absolute atomic E-state index is 0.0802. The maximum absolute atomic E-state index is 12.5. The molecule has 3 N–H and O–H groups in total. The Morgan fingerprint density at radius 3 is 2.92 bits per heavy atom. The quantitative estimate of drug-likeness (QED) is 0.459. The number of aromatic nitrogens is 5. The Hall–Kier alpha value is -3.04. The average molecular weight is 382 g/mol. The molecule has 1 amide bonds. The second kappa shape index (κ2) is 7.06. The Balaban J connectivity index is 1.53. The van der Waals surface area contributed by atoms with Crippen LogP contribution in [0, 0.1) is 4.77 Å². The molecule has 0 radical (unpaired) electrons. The Morgan fingerprint density at radius 2 is 2.15 bits per heavy atom. The zero-order valence-electron chi connectivity index (χ0n) is 13.5. The molecule has 0 fully saturated rings. The van der Waals surface area contributed by atoms with Gasteiger partial charge in [-0.15, -0.1) is 11.3 Å². The molecule has 0 spiro atoms. The van der Waals surface area contributed by atoms with E-state index < -0.39 is 0 Å². The topological polar surface area (TPSA) is 91.4 Å². The average Bonchev–Trinajstić information content (AvgIpc) is 3.38. The molecule has 26 heavy (non-hydrogen) atoms. The summed E-state index contributed by atoms with van der Waals surface area (Å²) in [5.41, 5.74) is 2.53. The first-order chi connectivity index (χ1) is 12.7. The Kier molecular flexibility index (Phi) is 4.46. The lowest BCUT2D eigenvalue weighted by molar-refractivity contribution is -0.116. The molecule has 0 aliphatic rings. The summed E-state index contributed by atoms with van der Waals surface area (Å²) < 4.78 is 2.10. The number of amides is 1. The highest BCUT2D eigenvalue weighted by Crippen LogP contribution is 2.23. The van der Waals surface area contributed by atoms with Crippen molar-refractivity contribution in [3.8, 4) is 22.0 Å². The fraction of sp³-hybridized carbons (Fsp3) is 0.0588. The molecule has 0 aliphatic heterocycles. The highest BCUT2D eigenvalue weighted by atomic mass is 32.1. The molecule has 0 aliphatic carbocycles. The van der Waals surface area contributed by atoms with Crippen LogP contribution in [0.1, 0.15) is 0 Å². The standard InChI is InChI=1S/C17H14N6OS2/c24-15(10-23-16(21-22-17(23)25)14-5-2-8-26-14)19-12-4-1-3-11(9-12)13-6-7-18-20-13/h1-9H,10H2,(H,18,20)(H,19,24)(H,22,25). The first kappa shape index (κ1) is 16.4. The van der Waals surface area contributed by atoms with Crippen molar-refractivity contribution in [2.45, 2.75) is 6.54 Å². The molecule has 7 nitrogen and oxygen atoms in total. The maximum Gasteiger partial charge on any atom is 0.244 e. The van der Waals surface area contributed by atoms with Gasteiger partial charge in [0.05, 0.1) is 10.6 Å². The van der Waals surface area contributed by atoms with Crippen LogP contribution in [0.5, 0.6) is 0 Å². The second-order valence-corrected chi connectivity index (χ2v) is 6.85. The molecule has 4 rings (SSSR count). The molecular formula is C17H14N6OS2. The molecule has 0 saturated carbocycles. The van der Waals surface area contributed by atoms with E-state index >= 15 is 0 Å². The zero-order valence-corrected chi connectivity index (χ0v) is 15.1. The van der Waals surface area contributed by atoms with E-state index in [0.717, 1.165) is 16.1 Å². The number of hydrogen-bond donors (Lipinski definition) is 3. The van der Waals surface area contributed by atoms with Crippen molar-refractivity contribution in [1.29, 1.82) is 0 Å². The molecular weight excluding hydrogens is 368 g/mol. The predicted molar refractivity (Wildman–Crippen MR) is 103 cm³/mol. The molecule has 9 heteroatoms. The summed E-state index contributed by atoms with van der Waals surface area (Å²) in [7, 11) is 0. The van der Waals surface area contributed by atoms with E-state index in [9.17, 15) is 4.79 Å². The summed E-state index contributed by atoms with van der Waals surface area (Å²) >= 11 is 6.81. The van der Waals surface area contributed by atoms with E-state index in [1.54, 1.807) is 22.1 Å². The Morgan fingerprint density at radius 1 is 1.23 bits per heavy atom. The van der Waals surface area contributed by atoms with Crippen LogP contribution in [0.25, 0.3) is 22.0 Å². The molecule has 1 aromatic carbocycles. The monoisotopic (exact) mass is 382 g/mol. The van der Waals surface area contributed by atoms with Gasteiger partial charge < -0.3 is 5.32 Å². The summed E-state index contributed by atoms with van der Waals surface area (Å²) in [4.78, 5) is 13.5. The number of benzene rings is 1. The number of nitrogens with one attached hydrogen (secondary N) is 3. The van der Waals surface area contributed by atoms with Crippen molar-refractivity contribution in [3.63, 3.8) is 0 Å². The van der Waals surface area contributed by atoms with Gasteiger partial charge in [-0.1, -0.05) is 18.2 Å². The predicted octanol–water partition coefficient (Wildman–Crippen LogP) is 3.70. The fourth-order valence-corrected chi connectivity index (χ4v) is 3.50. The first-order valence-corrected chi connectivity index (χ1v) is 9.08. The molecule has 3 heterocycles. The van der Waals surface area contributed by atoms with Crippen LogP contribution in [0.2, 0.25) is 0 Å². The van der Waals surface area contributed by atoms with E-state index in [0.29, 0.717) is 16.3 Å². The first-order valence-electron chi connectivity index (χ1n) is 7.79. The molecule has 0 saturated heterocycles. The van der Waals surface area contributed by atoms with Crippen LogP contribution in [0.15, 0.2) is 54.0 Å².